The first kappa shape index (κ1) is 30.4. The van der Waals surface area contributed by atoms with E-state index in [9.17, 15) is 4.79 Å². The van der Waals surface area contributed by atoms with Crippen molar-refractivity contribution >= 4 is 29.3 Å². The lowest BCUT2D eigenvalue weighted by molar-refractivity contribution is -0.0601. The maximum Gasteiger partial charge on any atom is 0.410 e. The molecule has 6 heterocycles. The minimum atomic E-state index is -0.427. The van der Waals surface area contributed by atoms with Crippen LogP contribution in [0, 0.1) is 10.8 Å². The largest absolute Gasteiger partial charge is 0.444 e. The Hall–Kier alpha value is -2.11. The smallest absolute Gasteiger partial charge is 0.410 e. The second-order valence-corrected chi connectivity index (χ2v) is 13.9. The van der Waals surface area contributed by atoms with E-state index in [0.717, 1.165) is 63.2 Å². The zero-order valence-electron chi connectivity index (χ0n) is 24.4. The molecule has 4 saturated heterocycles. The molecule has 4 aliphatic rings. The number of ether oxygens (including phenoxy) is 1. The SMILES string of the molecule is CC(C)(C)OC(=O)N1CC2(CCN(Cc3cnc(Cl)nc3)CC2)C1.Clc1ncc(CN2CCC3(CC2)CNC3)cn1. The van der Waals surface area contributed by atoms with Gasteiger partial charge in [0, 0.05) is 80.6 Å². The summed E-state index contributed by atoms with van der Waals surface area (Å²) in [6.07, 6.45) is 11.9. The monoisotopic (exact) mass is 604 g/mol. The zero-order chi connectivity index (χ0) is 29.1. The highest BCUT2D eigenvalue weighted by Gasteiger charge is 2.47. The highest BCUT2D eigenvalue weighted by Crippen LogP contribution is 2.41. The Morgan fingerprint density at radius 1 is 0.805 bits per heavy atom. The Labute approximate surface area is 253 Å². The molecule has 0 aliphatic carbocycles. The second kappa shape index (κ2) is 12.6. The molecule has 1 amide bonds. The van der Waals surface area contributed by atoms with Crippen molar-refractivity contribution in [1.82, 2.24) is 40.0 Å². The van der Waals surface area contributed by atoms with Gasteiger partial charge in [0.25, 0.3) is 0 Å². The number of hydrogen-bond acceptors (Lipinski definition) is 9. The van der Waals surface area contributed by atoms with E-state index in [-0.39, 0.29) is 16.8 Å². The fraction of sp³-hybridized carbons (Fsp3) is 0.690. The van der Waals surface area contributed by atoms with Gasteiger partial charge in [0.15, 0.2) is 0 Å². The molecule has 0 bridgehead atoms. The summed E-state index contributed by atoms with van der Waals surface area (Å²) in [5.74, 6) is 0. The maximum atomic E-state index is 12.1. The van der Waals surface area contributed by atoms with Gasteiger partial charge in [-0.3, -0.25) is 9.80 Å². The molecule has 1 N–H and O–H groups in total. The van der Waals surface area contributed by atoms with Gasteiger partial charge >= 0.3 is 6.09 Å². The summed E-state index contributed by atoms with van der Waals surface area (Å²) in [5.41, 5.74) is 2.71. The van der Waals surface area contributed by atoms with Gasteiger partial charge in [0.2, 0.25) is 10.6 Å². The van der Waals surface area contributed by atoms with E-state index in [1.165, 1.54) is 39.0 Å². The number of amides is 1. The zero-order valence-corrected chi connectivity index (χ0v) is 25.9. The molecule has 0 aromatic carbocycles. The normalized spacial score (nSPS) is 21.9. The third kappa shape index (κ3) is 8.26. The van der Waals surface area contributed by atoms with Crippen LogP contribution < -0.4 is 5.32 Å². The van der Waals surface area contributed by atoms with Gasteiger partial charge in [-0.05, 0) is 101 Å². The van der Waals surface area contributed by atoms with E-state index >= 15 is 0 Å². The number of halogens is 2. The Morgan fingerprint density at radius 3 is 1.59 bits per heavy atom. The minimum absolute atomic E-state index is 0.186. The molecule has 10 nitrogen and oxygen atoms in total. The van der Waals surface area contributed by atoms with Crippen LogP contribution in [-0.2, 0) is 17.8 Å². The maximum absolute atomic E-state index is 12.1. The molecule has 2 aromatic heterocycles. The number of rotatable bonds is 4. The molecular formula is C29H42Cl2N8O2. The fourth-order valence-electron chi connectivity index (χ4n) is 6.10. The van der Waals surface area contributed by atoms with Crippen molar-refractivity contribution in [1.29, 1.82) is 0 Å². The quantitative estimate of drug-likeness (QED) is 0.512. The summed E-state index contributed by atoms with van der Waals surface area (Å²) in [6, 6.07) is 0. The molecule has 4 fully saturated rings. The first-order valence-electron chi connectivity index (χ1n) is 14.6. The van der Waals surface area contributed by atoms with Crippen LogP contribution >= 0.6 is 23.2 Å². The summed E-state index contributed by atoms with van der Waals surface area (Å²) < 4.78 is 5.44. The predicted molar refractivity (Wildman–Crippen MR) is 159 cm³/mol. The molecule has 0 atom stereocenters. The summed E-state index contributed by atoms with van der Waals surface area (Å²) in [5, 5.41) is 4.00. The average Bonchev–Trinajstić information content (AvgIpc) is 2.89. The number of carbonyl (C=O) groups is 1. The Bertz CT molecular complexity index is 1140. The molecule has 6 rings (SSSR count). The standard InChI is InChI=1S/C17H25ClN4O2.C12H17ClN4/c1-16(2,3)24-15(23)22-11-17(12-22)4-6-21(7-5-17)10-13-8-19-14(18)20-9-13;13-11-15-5-10(6-16-11)7-17-3-1-12(2-4-17)8-14-9-12/h8-9H,4-7,10-12H2,1-3H3;5-6,14H,1-4,7-9H2. The molecule has 0 unspecified atom stereocenters. The minimum Gasteiger partial charge on any atom is -0.444 e. The van der Waals surface area contributed by atoms with Gasteiger partial charge in [0.1, 0.15) is 5.60 Å². The molecule has 2 aromatic rings. The molecule has 224 valence electrons. The van der Waals surface area contributed by atoms with Gasteiger partial charge in [-0.1, -0.05) is 0 Å². The van der Waals surface area contributed by atoms with Gasteiger partial charge in [0.05, 0.1) is 0 Å². The van der Waals surface area contributed by atoms with Gasteiger partial charge in [-0.25, -0.2) is 24.7 Å². The average molecular weight is 606 g/mol. The van der Waals surface area contributed by atoms with E-state index in [1.54, 1.807) is 12.4 Å². The van der Waals surface area contributed by atoms with Crippen molar-refractivity contribution in [3.8, 4) is 0 Å². The first-order chi connectivity index (χ1) is 19.5. The van der Waals surface area contributed by atoms with Crippen LogP contribution in [0.5, 0.6) is 0 Å². The number of hydrogen-bond donors (Lipinski definition) is 1. The summed E-state index contributed by atoms with van der Waals surface area (Å²) >= 11 is 11.4. The van der Waals surface area contributed by atoms with Crippen LogP contribution in [0.4, 0.5) is 4.79 Å². The highest BCUT2D eigenvalue weighted by molar-refractivity contribution is 6.28. The molecule has 4 aliphatic heterocycles. The van der Waals surface area contributed by atoms with Crippen LogP contribution in [0.3, 0.4) is 0 Å². The van der Waals surface area contributed by atoms with E-state index < -0.39 is 5.60 Å². The van der Waals surface area contributed by atoms with Gasteiger partial charge in [-0.2, -0.15) is 0 Å². The third-order valence-electron chi connectivity index (χ3n) is 8.70. The lowest BCUT2D eigenvalue weighted by Gasteiger charge is -2.53. The van der Waals surface area contributed by atoms with Crippen LogP contribution in [0.2, 0.25) is 10.6 Å². The van der Waals surface area contributed by atoms with E-state index in [0.29, 0.717) is 10.7 Å². The number of nitrogens with one attached hydrogen (secondary N) is 1. The van der Waals surface area contributed by atoms with Crippen LogP contribution in [-0.4, -0.2) is 98.7 Å². The van der Waals surface area contributed by atoms with Crippen molar-refractivity contribution in [2.45, 2.75) is 65.1 Å². The lowest BCUT2D eigenvalue weighted by atomic mass is 9.72. The molecule has 0 saturated carbocycles. The van der Waals surface area contributed by atoms with E-state index in [1.807, 2.05) is 38.1 Å². The van der Waals surface area contributed by atoms with Crippen LogP contribution in [0.25, 0.3) is 0 Å². The number of likely N-dealkylation sites (tertiary alicyclic amines) is 3. The number of nitrogens with zero attached hydrogens (tertiary/aromatic N) is 7. The van der Waals surface area contributed by atoms with Gasteiger partial charge in [-0.15, -0.1) is 0 Å². The predicted octanol–water partition coefficient (Wildman–Crippen LogP) is 4.28. The molecule has 41 heavy (non-hydrogen) atoms. The lowest BCUT2D eigenvalue weighted by Crippen LogP contribution is -2.62. The second-order valence-electron chi connectivity index (χ2n) is 13.2. The van der Waals surface area contributed by atoms with Crippen molar-refractivity contribution in [3.63, 3.8) is 0 Å². The summed E-state index contributed by atoms with van der Waals surface area (Å²) in [4.78, 5) is 34.9. The molecular weight excluding hydrogens is 563 g/mol. The summed E-state index contributed by atoms with van der Waals surface area (Å²) in [7, 11) is 0. The van der Waals surface area contributed by atoms with Crippen molar-refractivity contribution < 1.29 is 9.53 Å². The van der Waals surface area contributed by atoms with Crippen molar-refractivity contribution in [2.24, 2.45) is 10.8 Å². The number of carbonyl (C=O) groups excluding carboxylic acids is 1. The topological polar surface area (TPSA) is 99.6 Å². The van der Waals surface area contributed by atoms with Crippen LogP contribution in [0.15, 0.2) is 24.8 Å². The van der Waals surface area contributed by atoms with Crippen LogP contribution in [0.1, 0.15) is 57.6 Å². The Morgan fingerprint density at radius 2 is 1.22 bits per heavy atom. The molecule has 12 heteroatoms. The Balaban J connectivity index is 0.000000174. The fourth-order valence-corrected chi connectivity index (χ4v) is 6.29. The summed E-state index contributed by atoms with van der Waals surface area (Å²) in [6.45, 7) is 16.0. The first-order valence-corrected chi connectivity index (χ1v) is 15.3. The van der Waals surface area contributed by atoms with E-state index in [4.69, 9.17) is 27.9 Å². The van der Waals surface area contributed by atoms with E-state index in [2.05, 4.69) is 35.1 Å². The Kier molecular flexibility index (Phi) is 9.35. The third-order valence-corrected chi connectivity index (χ3v) is 9.09. The van der Waals surface area contributed by atoms with Gasteiger partial charge < -0.3 is 15.0 Å². The van der Waals surface area contributed by atoms with Crippen molar-refractivity contribution in [2.75, 3.05) is 52.4 Å². The molecule has 2 spiro atoms. The van der Waals surface area contributed by atoms with Crippen molar-refractivity contribution in [3.05, 3.63) is 46.5 Å². The number of piperidine rings is 2. The molecule has 0 radical (unpaired) electrons. The number of aromatic nitrogens is 4. The highest BCUT2D eigenvalue weighted by atomic mass is 35.5.